The average Bonchev–Trinajstić information content (AvgIpc) is 3.03. The third-order valence-electron chi connectivity index (χ3n) is 4.87. The number of amides is 3. The van der Waals surface area contributed by atoms with Crippen molar-refractivity contribution in [3.63, 3.8) is 0 Å². The lowest BCUT2D eigenvalue weighted by atomic mass is 9.83. The van der Waals surface area contributed by atoms with Crippen LogP contribution in [0.2, 0.25) is 0 Å². The van der Waals surface area contributed by atoms with Gasteiger partial charge < -0.3 is 16.0 Å². The molecule has 0 aromatic heterocycles. The third-order valence-corrected chi connectivity index (χ3v) is 4.87. The maximum atomic E-state index is 12.2. The van der Waals surface area contributed by atoms with Gasteiger partial charge in [0.15, 0.2) is 0 Å². The van der Waals surface area contributed by atoms with E-state index in [0.717, 1.165) is 12.8 Å². The van der Waals surface area contributed by atoms with Gasteiger partial charge in [-0.2, -0.15) is 0 Å². The van der Waals surface area contributed by atoms with Crippen molar-refractivity contribution >= 4 is 11.9 Å². The molecule has 2 aliphatic rings. The van der Waals surface area contributed by atoms with Crippen molar-refractivity contribution in [2.45, 2.75) is 31.6 Å². The number of primary amides is 1. The summed E-state index contributed by atoms with van der Waals surface area (Å²) in [5.74, 6) is -0.110. The summed E-state index contributed by atoms with van der Waals surface area (Å²) in [5.41, 5.74) is 8.08. The Balaban J connectivity index is 1.55. The van der Waals surface area contributed by atoms with Crippen molar-refractivity contribution in [1.82, 2.24) is 10.2 Å². The Kier molecular flexibility index (Phi) is 4.32. The van der Waals surface area contributed by atoms with E-state index in [2.05, 4.69) is 29.6 Å². The number of rotatable bonds is 3. The number of carbonyl (C=O) groups is 2. The molecule has 1 aliphatic heterocycles. The Bertz CT molecular complexity index is 573. The largest absolute Gasteiger partial charge is 0.369 e. The zero-order chi connectivity index (χ0) is 15.5. The number of nitrogens with one attached hydrogen (secondary N) is 1. The molecule has 1 fully saturated rings. The molecule has 1 aliphatic carbocycles. The summed E-state index contributed by atoms with van der Waals surface area (Å²) in [6.07, 6.45) is 4.09. The number of likely N-dealkylation sites (tertiary alicyclic amines) is 1. The number of aryl methyl sites for hydroxylation is 1. The molecule has 3 rings (SSSR count). The SMILES string of the molecule is NC(=O)[C@@H]1CCN(C(=O)NC[C@H]2CCCc3ccccc32)C1. The van der Waals surface area contributed by atoms with E-state index in [1.165, 1.54) is 17.5 Å². The first-order chi connectivity index (χ1) is 10.6. The van der Waals surface area contributed by atoms with Crippen molar-refractivity contribution in [2.24, 2.45) is 11.7 Å². The molecule has 0 spiro atoms. The molecule has 1 aromatic rings. The summed E-state index contributed by atoms with van der Waals surface area (Å²) in [5, 5.41) is 3.03. The second-order valence-corrected chi connectivity index (χ2v) is 6.31. The van der Waals surface area contributed by atoms with Crippen LogP contribution in [0.1, 0.15) is 36.3 Å². The van der Waals surface area contributed by atoms with Gasteiger partial charge in [-0.15, -0.1) is 0 Å². The van der Waals surface area contributed by atoms with E-state index < -0.39 is 0 Å². The molecule has 1 saturated heterocycles. The molecule has 3 amide bonds. The highest BCUT2D eigenvalue weighted by Gasteiger charge is 2.30. The minimum Gasteiger partial charge on any atom is -0.369 e. The fourth-order valence-electron chi connectivity index (χ4n) is 3.57. The molecule has 2 atom stereocenters. The molecule has 0 unspecified atom stereocenters. The van der Waals surface area contributed by atoms with Crippen molar-refractivity contribution in [1.29, 1.82) is 0 Å². The molecule has 1 aromatic carbocycles. The molecular formula is C17H23N3O2. The molecular weight excluding hydrogens is 278 g/mol. The standard InChI is InChI=1S/C17H23N3O2/c18-16(21)14-8-9-20(11-14)17(22)19-10-13-6-3-5-12-4-1-2-7-15(12)13/h1-2,4,7,13-14H,3,5-6,8-11H2,(H2,18,21)(H,19,22)/t13-,14-/m1/s1. The number of benzene rings is 1. The number of fused-ring (bicyclic) bond motifs is 1. The van der Waals surface area contributed by atoms with E-state index in [-0.39, 0.29) is 17.9 Å². The van der Waals surface area contributed by atoms with Gasteiger partial charge in [-0.3, -0.25) is 4.79 Å². The van der Waals surface area contributed by atoms with Crippen LogP contribution in [-0.2, 0) is 11.2 Å². The van der Waals surface area contributed by atoms with Gasteiger partial charge in [-0.25, -0.2) is 4.79 Å². The van der Waals surface area contributed by atoms with E-state index in [9.17, 15) is 9.59 Å². The molecule has 0 radical (unpaired) electrons. The molecule has 1 heterocycles. The van der Waals surface area contributed by atoms with Gasteiger partial charge >= 0.3 is 6.03 Å². The fraction of sp³-hybridized carbons (Fsp3) is 0.529. The van der Waals surface area contributed by atoms with Crippen LogP contribution in [0.25, 0.3) is 0 Å². The van der Waals surface area contributed by atoms with Crippen LogP contribution in [0.15, 0.2) is 24.3 Å². The Morgan fingerprint density at radius 3 is 2.86 bits per heavy atom. The van der Waals surface area contributed by atoms with Gasteiger partial charge in [0.05, 0.1) is 5.92 Å². The maximum absolute atomic E-state index is 12.2. The van der Waals surface area contributed by atoms with E-state index >= 15 is 0 Å². The number of urea groups is 1. The predicted molar refractivity (Wildman–Crippen MR) is 84.4 cm³/mol. The van der Waals surface area contributed by atoms with E-state index in [0.29, 0.717) is 32.0 Å². The third kappa shape index (κ3) is 3.08. The second kappa shape index (κ2) is 6.38. The van der Waals surface area contributed by atoms with Crippen molar-refractivity contribution in [3.8, 4) is 0 Å². The van der Waals surface area contributed by atoms with Crippen LogP contribution in [0.5, 0.6) is 0 Å². The molecule has 118 valence electrons. The highest BCUT2D eigenvalue weighted by atomic mass is 16.2. The predicted octanol–water partition coefficient (Wildman–Crippen LogP) is 1.62. The first-order valence-electron chi connectivity index (χ1n) is 8.05. The number of carbonyl (C=O) groups excluding carboxylic acids is 2. The van der Waals surface area contributed by atoms with Gasteiger partial charge in [0.2, 0.25) is 5.91 Å². The number of hydrogen-bond donors (Lipinski definition) is 2. The monoisotopic (exact) mass is 301 g/mol. The van der Waals surface area contributed by atoms with Crippen LogP contribution in [0.4, 0.5) is 4.79 Å². The number of hydrogen-bond acceptors (Lipinski definition) is 2. The summed E-state index contributed by atoms with van der Waals surface area (Å²) in [4.78, 5) is 25.1. The fourth-order valence-corrected chi connectivity index (χ4v) is 3.57. The Morgan fingerprint density at radius 1 is 1.27 bits per heavy atom. The van der Waals surface area contributed by atoms with E-state index in [1.807, 2.05) is 0 Å². The lowest BCUT2D eigenvalue weighted by Crippen LogP contribution is -2.41. The van der Waals surface area contributed by atoms with Gasteiger partial charge in [0.1, 0.15) is 0 Å². The lowest BCUT2D eigenvalue weighted by molar-refractivity contribution is -0.121. The minimum atomic E-state index is -0.309. The first-order valence-corrected chi connectivity index (χ1v) is 8.05. The summed E-state index contributed by atoms with van der Waals surface area (Å²) in [6.45, 7) is 1.72. The van der Waals surface area contributed by atoms with E-state index in [4.69, 9.17) is 5.73 Å². The van der Waals surface area contributed by atoms with Gasteiger partial charge in [-0.1, -0.05) is 24.3 Å². The van der Waals surface area contributed by atoms with Crippen LogP contribution in [-0.4, -0.2) is 36.5 Å². The summed E-state index contributed by atoms with van der Waals surface area (Å²) >= 11 is 0. The minimum absolute atomic E-state index is 0.0770. The quantitative estimate of drug-likeness (QED) is 0.890. The van der Waals surface area contributed by atoms with Crippen LogP contribution < -0.4 is 11.1 Å². The van der Waals surface area contributed by atoms with Gasteiger partial charge in [-0.05, 0) is 36.8 Å². The average molecular weight is 301 g/mol. The molecule has 22 heavy (non-hydrogen) atoms. The number of nitrogens with two attached hydrogens (primary N) is 1. The van der Waals surface area contributed by atoms with Crippen LogP contribution in [0.3, 0.4) is 0 Å². The van der Waals surface area contributed by atoms with Crippen molar-refractivity contribution in [2.75, 3.05) is 19.6 Å². The van der Waals surface area contributed by atoms with Crippen LogP contribution in [0, 0.1) is 5.92 Å². The molecule has 0 bridgehead atoms. The number of nitrogens with zero attached hydrogens (tertiary/aromatic N) is 1. The van der Waals surface area contributed by atoms with Crippen molar-refractivity contribution in [3.05, 3.63) is 35.4 Å². The van der Waals surface area contributed by atoms with Gasteiger partial charge in [0.25, 0.3) is 0 Å². The van der Waals surface area contributed by atoms with Crippen LogP contribution >= 0.6 is 0 Å². The maximum Gasteiger partial charge on any atom is 0.317 e. The van der Waals surface area contributed by atoms with Gasteiger partial charge in [0, 0.05) is 25.6 Å². The summed E-state index contributed by atoms with van der Waals surface area (Å²) in [6, 6.07) is 8.42. The molecule has 5 heteroatoms. The highest BCUT2D eigenvalue weighted by Crippen LogP contribution is 2.30. The Labute approximate surface area is 130 Å². The van der Waals surface area contributed by atoms with E-state index in [1.54, 1.807) is 4.90 Å². The zero-order valence-electron chi connectivity index (χ0n) is 12.8. The zero-order valence-corrected chi connectivity index (χ0v) is 12.8. The summed E-state index contributed by atoms with van der Waals surface area (Å²) in [7, 11) is 0. The molecule has 0 saturated carbocycles. The molecule has 3 N–H and O–H groups in total. The first kappa shape index (κ1) is 14.9. The smallest absolute Gasteiger partial charge is 0.317 e. The van der Waals surface area contributed by atoms with Crippen molar-refractivity contribution < 1.29 is 9.59 Å². The Hall–Kier alpha value is -2.04. The topological polar surface area (TPSA) is 75.4 Å². The lowest BCUT2D eigenvalue weighted by Gasteiger charge is -2.26. The molecule has 5 nitrogen and oxygen atoms in total. The summed E-state index contributed by atoms with van der Waals surface area (Å²) < 4.78 is 0. The normalized spacial score (nSPS) is 23.9. The second-order valence-electron chi connectivity index (χ2n) is 6.31. The Morgan fingerprint density at radius 2 is 2.09 bits per heavy atom. The highest BCUT2D eigenvalue weighted by molar-refractivity contribution is 5.80.